The van der Waals surface area contributed by atoms with E-state index in [2.05, 4.69) is 15.9 Å². The minimum atomic E-state index is -0.605. The number of hydrogen-bond acceptors (Lipinski definition) is 5. The molecule has 0 radical (unpaired) electrons. The van der Waals surface area contributed by atoms with E-state index in [1.807, 2.05) is 53.7 Å². The van der Waals surface area contributed by atoms with Crippen molar-refractivity contribution in [3.05, 3.63) is 33.8 Å². The third-order valence-electron chi connectivity index (χ3n) is 4.80. The molecular weight excluding hydrogens is 450 g/mol. The predicted octanol–water partition coefficient (Wildman–Crippen LogP) is 5.02. The van der Waals surface area contributed by atoms with Crippen molar-refractivity contribution in [1.82, 2.24) is 4.90 Å². The first-order valence-electron chi connectivity index (χ1n) is 10.2. The molecule has 2 atom stereocenters. The number of esters is 1. The maximum atomic E-state index is 13.0. The largest absolute Gasteiger partial charge is 0.460 e. The van der Waals surface area contributed by atoms with E-state index in [9.17, 15) is 14.4 Å². The van der Waals surface area contributed by atoms with Crippen LogP contribution in [0.3, 0.4) is 0 Å². The van der Waals surface area contributed by atoms with E-state index >= 15 is 0 Å². The Kier molecular flexibility index (Phi) is 7.72. The summed E-state index contributed by atoms with van der Waals surface area (Å²) in [6.45, 7) is 12.0. The number of nitrogens with zero attached hydrogens (tertiary/aromatic N) is 1. The Hall–Kier alpha value is -1.89. The fourth-order valence-corrected chi connectivity index (χ4v) is 3.83. The summed E-state index contributed by atoms with van der Waals surface area (Å²) in [5.41, 5.74) is 0.249. The lowest BCUT2D eigenvalue weighted by Crippen LogP contribution is -2.38. The molecule has 166 valence electrons. The van der Waals surface area contributed by atoms with Gasteiger partial charge in [0.15, 0.2) is 6.29 Å². The van der Waals surface area contributed by atoms with Crippen molar-refractivity contribution in [2.24, 2.45) is 11.8 Å². The summed E-state index contributed by atoms with van der Waals surface area (Å²) >= 11 is 3.36. The van der Waals surface area contributed by atoms with Gasteiger partial charge in [-0.1, -0.05) is 22.0 Å². The second kappa shape index (κ2) is 9.50. The van der Waals surface area contributed by atoms with Crippen LogP contribution in [0.1, 0.15) is 63.9 Å². The summed E-state index contributed by atoms with van der Waals surface area (Å²) in [6, 6.07) is 5.50. The molecule has 0 spiro atoms. The normalized spacial score (nSPS) is 18.1. The van der Waals surface area contributed by atoms with Gasteiger partial charge in [-0.2, -0.15) is 0 Å². The number of carbonyl (C=O) groups is 3. The van der Waals surface area contributed by atoms with Crippen LogP contribution in [0.4, 0.5) is 4.79 Å². The van der Waals surface area contributed by atoms with Gasteiger partial charge in [-0.3, -0.25) is 9.59 Å². The van der Waals surface area contributed by atoms with Crippen LogP contribution in [0.2, 0.25) is 0 Å². The van der Waals surface area contributed by atoms with Crippen molar-refractivity contribution in [1.29, 1.82) is 0 Å². The zero-order chi connectivity index (χ0) is 22.7. The average Bonchev–Trinajstić information content (AvgIpc) is 3.07. The van der Waals surface area contributed by atoms with Crippen molar-refractivity contribution in [2.75, 3.05) is 13.1 Å². The van der Waals surface area contributed by atoms with Crippen LogP contribution < -0.4 is 0 Å². The summed E-state index contributed by atoms with van der Waals surface area (Å²) in [6.07, 6.45) is 1.56. The number of rotatable bonds is 5. The fraction of sp³-hybridized carbons (Fsp3) is 0.609. The maximum Gasteiger partial charge on any atom is 0.410 e. The van der Waals surface area contributed by atoms with Crippen LogP contribution in [-0.2, 0) is 20.7 Å². The number of ether oxygens (including phenoxy) is 2. The summed E-state index contributed by atoms with van der Waals surface area (Å²) in [5.74, 6) is -0.748. The van der Waals surface area contributed by atoms with E-state index in [0.29, 0.717) is 36.0 Å². The Morgan fingerprint density at radius 3 is 2.37 bits per heavy atom. The van der Waals surface area contributed by atoms with Crippen molar-refractivity contribution < 1.29 is 23.9 Å². The first kappa shape index (κ1) is 24.4. The maximum absolute atomic E-state index is 13.0. The molecule has 0 unspecified atom stereocenters. The van der Waals surface area contributed by atoms with E-state index in [1.54, 1.807) is 11.0 Å². The highest BCUT2D eigenvalue weighted by atomic mass is 79.9. The standard InChI is InChI=1S/C23H32BrNO5/c1-22(2,3)29-20(27)18(12-15-7-8-19(24)17(11-15)14-26)16-9-10-25(13-16)21(28)30-23(4,5)6/h7-8,11,14,16,18H,9-10,12-13H2,1-6H3/t16-,18-/m0/s1. The molecule has 0 aromatic heterocycles. The number of carbonyl (C=O) groups excluding carboxylic acids is 3. The molecule has 1 fully saturated rings. The number of aldehydes is 1. The van der Waals surface area contributed by atoms with E-state index in [0.717, 1.165) is 11.8 Å². The van der Waals surface area contributed by atoms with Gasteiger partial charge in [0.2, 0.25) is 0 Å². The Morgan fingerprint density at radius 1 is 1.17 bits per heavy atom. The van der Waals surface area contributed by atoms with Gasteiger partial charge >= 0.3 is 12.1 Å². The molecule has 2 rings (SSSR count). The zero-order valence-corrected chi connectivity index (χ0v) is 20.2. The molecule has 1 aliphatic heterocycles. The van der Waals surface area contributed by atoms with Crippen molar-refractivity contribution in [3.63, 3.8) is 0 Å². The van der Waals surface area contributed by atoms with Gasteiger partial charge in [-0.25, -0.2) is 4.79 Å². The van der Waals surface area contributed by atoms with Gasteiger partial charge in [-0.15, -0.1) is 0 Å². The molecule has 1 aliphatic rings. The van der Waals surface area contributed by atoms with Crippen LogP contribution in [0.5, 0.6) is 0 Å². The van der Waals surface area contributed by atoms with E-state index in [1.165, 1.54) is 0 Å². The molecule has 0 bridgehead atoms. The minimum absolute atomic E-state index is 0.0457. The van der Waals surface area contributed by atoms with Gasteiger partial charge in [0.1, 0.15) is 11.2 Å². The van der Waals surface area contributed by atoms with Crippen LogP contribution in [0.15, 0.2) is 22.7 Å². The quantitative estimate of drug-likeness (QED) is 0.435. The van der Waals surface area contributed by atoms with Gasteiger partial charge in [0.05, 0.1) is 5.92 Å². The molecule has 1 heterocycles. The molecular formula is C23H32BrNO5. The molecule has 30 heavy (non-hydrogen) atoms. The number of likely N-dealkylation sites (tertiary alicyclic amines) is 1. The molecule has 1 amide bonds. The molecule has 1 aromatic carbocycles. The first-order chi connectivity index (χ1) is 13.8. The average molecular weight is 482 g/mol. The Morgan fingerprint density at radius 2 is 1.80 bits per heavy atom. The number of halogens is 1. The van der Waals surface area contributed by atoms with Crippen LogP contribution >= 0.6 is 15.9 Å². The van der Waals surface area contributed by atoms with Crippen LogP contribution in [0, 0.1) is 11.8 Å². The fourth-order valence-electron chi connectivity index (χ4n) is 3.49. The van der Waals surface area contributed by atoms with Crippen LogP contribution in [-0.4, -0.2) is 47.5 Å². The third kappa shape index (κ3) is 7.11. The lowest BCUT2D eigenvalue weighted by Gasteiger charge is -2.28. The smallest absolute Gasteiger partial charge is 0.410 e. The molecule has 6 nitrogen and oxygen atoms in total. The molecule has 0 saturated carbocycles. The monoisotopic (exact) mass is 481 g/mol. The Balaban J connectivity index is 2.21. The highest BCUT2D eigenvalue weighted by molar-refractivity contribution is 9.10. The minimum Gasteiger partial charge on any atom is -0.460 e. The SMILES string of the molecule is CC(C)(C)OC(=O)[C@@H](Cc1ccc(Br)c(C=O)c1)[C@H]1CCN(C(=O)OC(C)(C)C)C1. The van der Waals surface area contributed by atoms with Gasteiger partial charge in [-0.05, 0) is 78.0 Å². The zero-order valence-electron chi connectivity index (χ0n) is 18.7. The van der Waals surface area contributed by atoms with Crippen molar-refractivity contribution in [3.8, 4) is 0 Å². The van der Waals surface area contributed by atoms with E-state index in [-0.39, 0.29) is 18.0 Å². The number of benzene rings is 1. The number of hydrogen-bond donors (Lipinski definition) is 0. The van der Waals surface area contributed by atoms with E-state index in [4.69, 9.17) is 9.47 Å². The van der Waals surface area contributed by atoms with Gasteiger partial charge in [0, 0.05) is 23.1 Å². The molecule has 0 N–H and O–H groups in total. The first-order valence-corrected chi connectivity index (χ1v) is 11.0. The summed E-state index contributed by atoms with van der Waals surface area (Å²) in [7, 11) is 0. The van der Waals surface area contributed by atoms with E-state index < -0.39 is 17.1 Å². The van der Waals surface area contributed by atoms with Crippen molar-refractivity contribution >= 4 is 34.3 Å². The van der Waals surface area contributed by atoms with Crippen molar-refractivity contribution in [2.45, 2.75) is 65.6 Å². The van der Waals surface area contributed by atoms with Gasteiger partial charge in [0.25, 0.3) is 0 Å². The Bertz CT molecular complexity index is 794. The molecule has 1 saturated heterocycles. The topological polar surface area (TPSA) is 72.9 Å². The lowest BCUT2D eigenvalue weighted by molar-refractivity contribution is -0.161. The molecule has 7 heteroatoms. The van der Waals surface area contributed by atoms with Gasteiger partial charge < -0.3 is 14.4 Å². The second-order valence-electron chi connectivity index (χ2n) is 9.79. The summed E-state index contributed by atoms with van der Waals surface area (Å²) in [5, 5.41) is 0. The predicted molar refractivity (Wildman–Crippen MR) is 118 cm³/mol. The summed E-state index contributed by atoms with van der Waals surface area (Å²) in [4.78, 5) is 38.4. The summed E-state index contributed by atoms with van der Waals surface area (Å²) < 4.78 is 11.9. The lowest BCUT2D eigenvalue weighted by atomic mass is 9.85. The Labute approximate surface area is 187 Å². The molecule has 0 aliphatic carbocycles. The highest BCUT2D eigenvalue weighted by Crippen LogP contribution is 2.31. The van der Waals surface area contributed by atoms with Crippen LogP contribution in [0.25, 0.3) is 0 Å². The third-order valence-corrected chi connectivity index (χ3v) is 5.52. The molecule has 1 aromatic rings. The highest BCUT2D eigenvalue weighted by Gasteiger charge is 2.39. The number of amides is 1. The second-order valence-corrected chi connectivity index (χ2v) is 10.6.